The summed E-state index contributed by atoms with van der Waals surface area (Å²) < 4.78 is 16.8. The van der Waals surface area contributed by atoms with Crippen molar-refractivity contribution >= 4 is 17.9 Å². The van der Waals surface area contributed by atoms with Gasteiger partial charge in [-0.25, -0.2) is 0 Å². The molecular weight excluding hydrogens is 745 g/mol. The molecular formula is C54H100O6. The van der Waals surface area contributed by atoms with E-state index < -0.39 is 6.10 Å². The summed E-state index contributed by atoms with van der Waals surface area (Å²) >= 11 is 0. The van der Waals surface area contributed by atoms with E-state index in [0.29, 0.717) is 19.3 Å². The Morgan fingerprint density at radius 3 is 0.950 bits per heavy atom. The average Bonchev–Trinajstić information content (AvgIpc) is 3.24. The van der Waals surface area contributed by atoms with Crippen molar-refractivity contribution in [1.29, 1.82) is 0 Å². The van der Waals surface area contributed by atoms with E-state index >= 15 is 0 Å². The molecule has 0 saturated carbocycles. The zero-order valence-electron chi connectivity index (χ0n) is 40.2. The van der Waals surface area contributed by atoms with Crippen molar-refractivity contribution in [2.45, 2.75) is 290 Å². The predicted octanol–water partition coefficient (Wildman–Crippen LogP) is 17.2. The van der Waals surface area contributed by atoms with Gasteiger partial charge in [-0.05, 0) is 51.4 Å². The van der Waals surface area contributed by atoms with Crippen LogP contribution in [0.2, 0.25) is 0 Å². The van der Waals surface area contributed by atoms with Gasteiger partial charge < -0.3 is 14.2 Å². The van der Waals surface area contributed by atoms with Gasteiger partial charge in [-0.3, -0.25) is 14.4 Å². The molecule has 0 aromatic heterocycles. The van der Waals surface area contributed by atoms with Crippen LogP contribution >= 0.6 is 0 Å². The highest BCUT2D eigenvalue weighted by Crippen LogP contribution is 2.16. The second-order valence-electron chi connectivity index (χ2n) is 17.8. The minimum atomic E-state index is -0.772. The maximum atomic E-state index is 12.8. The van der Waals surface area contributed by atoms with Gasteiger partial charge >= 0.3 is 17.9 Å². The first-order valence-corrected chi connectivity index (χ1v) is 26.3. The molecule has 6 nitrogen and oxygen atoms in total. The van der Waals surface area contributed by atoms with Crippen LogP contribution < -0.4 is 0 Å². The molecule has 0 bridgehead atoms. The first-order chi connectivity index (χ1) is 29.5. The number of hydrogen-bond donors (Lipinski definition) is 0. The van der Waals surface area contributed by atoms with Gasteiger partial charge in [-0.1, -0.05) is 238 Å². The third-order valence-electron chi connectivity index (χ3n) is 11.7. The normalized spacial score (nSPS) is 12.1. The van der Waals surface area contributed by atoms with Crippen LogP contribution in [0.4, 0.5) is 0 Å². The van der Waals surface area contributed by atoms with Gasteiger partial charge in [-0.15, -0.1) is 0 Å². The second kappa shape index (κ2) is 49.5. The van der Waals surface area contributed by atoms with E-state index in [1.54, 1.807) is 0 Å². The summed E-state index contributed by atoms with van der Waals surface area (Å²) in [6, 6.07) is 0. The largest absolute Gasteiger partial charge is 0.462 e. The molecule has 0 heterocycles. The number of esters is 3. The Kier molecular flexibility index (Phi) is 47.8. The second-order valence-corrected chi connectivity index (χ2v) is 17.8. The van der Waals surface area contributed by atoms with Crippen LogP contribution in [-0.4, -0.2) is 37.2 Å². The van der Waals surface area contributed by atoms with Crippen molar-refractivity contribution in [2.75, 3.05) is 13.2 Å². The van der Waals surface area contributed by atoms with Crippen molar-refractivity contribution in [3.8, 4) is 0 Å². The minimum absolute atomic E-state index is 0.0721. The molecule has 6 heteroatoms. The van der Waals surface area contributed by atoms with Gasteiger partial charge in [-0.2, -0.15) is 0 Å². The summed E-state index contributed by atoms with van der Waals surface area (Å²) in [4.78, 5) is 38.0. The summed E-state index contributed by atoms with van der Waals surface area (Å²) in [7, 11) is 0. The van der Waals surface area contributed by atoms with Crippen molar-refractivity contribution in [3.05, 3.63) is 24.3 Å². The molecule has 0 spiro atoms. The Morgan fingerprint density at radius 2 is 0.600 bits per heavy atom. The van der Waals surface area contributed by atoms with Gasteiger partial charge in [0.2, 0.25) is 0 Å². The predicted molar refractivity (Wildman–Crippen MR) is 256 cm³/mol. The Bertz CT molecular complexity index is 973. The lowest BCUT2D eigenvalue weighted by Crippen LogP contribution is -2.30. The van der Waals surface area contributed by atoms with Crippen molar-refractivity contribution in [2.24, 2.45) is 0 Å². The monoisotopic (exact) mass is 845 g/mol. The van der Waals surface area contributed by atoms with E-state index in [1.807, 2.05) is 0 Å². The van der Waals surface area contributed by atoms with Crippen molar-refractivity contribution < 1.29 is 28.6 Å². The SMILES string of the molecule is CCCCC/C=C\C/C=C\CCCCCCCC(=O)O[C@H](COC(=O)CCCCCCCCCCCCCCC)COC(=O)CCCCCCCCCCCCCCCC. The first-order valence-electron chi connectivity index (χ1n) is 26.3. The summed E-state index contributed by atoms with van der Waals surface area (Å²) in [6.45, 7) is 6.63. The van der Waals surface area contributed by atoms with Gasteiger partial charge in [0.15, 0.2) is 6.10 Å². The van der Waals surface area contributed by atoms with E-state index in [0.717, 1.165) is 77.0 Å². The van der Waals surface area contributed by atoms with E-state index in [4.69, 9.17) is 14.2 Å². The standard InChI is InChI=1S/C54H100O6/c1-4-7-10-13-16-19-22-25-27-30-33-36-39-42-45-48-54(57)60-51(49-58-52(55)46-43-40-37-34-31-28-24-21-18-15-12-9-6-3)50-59-53(56)47-44-41-38-35-32-29-26-23-20-17-14-11-8-5-2/h16,19,25,27,51H,4-15,17-18,20-24,26,28-50H2,1-3H3/b19-16-,27-25-/t51-/m1/s1. The number of hydrogen-bond acceptors (Lipinski definition) is 6. The number of unbranched alkanes of at least 4 members (excludes halogenated alkanes) is 33. The third-order valence-corrected chi connectivity index (χ3v) is 11.7. The molecule has 0 aliphatic heterocycles. The minimum Gasteiger partial charge on any atom is -0.462 e. The Morgan fingerprint density at radius 1 is 0.333 bits per heavy atom. The van der Waals surface area contributed by atoms with Crippen molar-refractivity contribution in [1.82, 2.24) is 0 Å². The van der Waals surface area contributed by atoms with E-state index in [1.165, 1.54) is 167 Å². The maximum Gasteiger partial charge on any atom is 0.306 e. The Balaban J connectivity index is 4.36. The van der Waals surface area contributed by atoms with E-state index in [2.05, 4.69) is 45.1 Å². The molecule has 1 atom stereocenters. The highest BCUT2D eigenvalue weighted by atomic mass is 16.6. The highest BCUT2D eigenvalue weighted by Gasteiger charge is 2.19. The molecule has 0 rings (SSSR count). The summed E-state index contributed by atoms with van der Waals surface area (Å²) in [5, 5.41) is 0. The lowest BCUT2D eigenvalue weighted by atomic mass is 10.0. The molecule has 0 aliphatic carbocycles. The molecule has 352 valence electrons. The van der Waals surface area contributed by atoms with Gasteiger partial charge in [0.05, 0.1) is 0 Å². The van der Waals surface area contributed by atoms with Crippen LogP contribution in [0.25, 0.3) is 0 Å². The van der Waals surface area contributed by atoms with Crippen LogP contribution in [0.5, 0.6) is 0 Å². The highest BCUT2D eigenvalue weighted by molar-refractivity contribution is 5.71. The Hall–Kier alpha value is -2.11. The lowest BCUT2D eigenvalue weighted by molar-refractivity contribution is -0.167. The zero-order valence-corrected chi connectivity index (χ0v) is 40.2. The third kappa shape index (κ3) is 46.9. The fourth-order valence-corrected chi connectivity index (χ4v) is 7.71. The van der Waals surface area contributed by atoms with E-state index in [-0.39, 0.29) is 31.1 Å². The van der Waals surface area contributed by atoms with Gasteiger partial charge in [0.1, 0.15) is 13.2 Å². The van der Waals surface area contributed by atoms with Crippen LogP contribution in [-0.2, 0) is 28.6 Å². The van der Waals surface area contributed by atoms with E-state index in [9.17, 15) is 14.4 Å². The van der Waals surface area contributed by atoms with Crippen LogP contribution in [0, 0.1) is 0 Å². The van der Waals surface area contributed by atoms with Gasteiger partial charge in [0, 0.05) is 19.3 Å². The molecule has 0 saturated heterocycles. The van der Waals surface area contributed by atoms with Gasteiger partial charge in [0.25, 0.3) is 0 Å². The number of rotatable bonds is 48. The number of carbonyl (C=O) groups excluding carboxylic acids is 3. The average molecular weight is 845 g/mol. The molecule has 0 aromatic carbocycles. The fraction of sp³-hybridized carbons (Fsp3) is 0.870. The molecule has 0 unspecified atom stereocenters. The Labute approximate surface area is 373 Å². The molecule has 0 amide bonds. The van der Waals surface area contributed by atoms with Crippen molar-refractivity contribution in [3.63, 3.8) is 0 Å². The molecule has 0 radical (unpaired) electrons. The van der Waals surface area contributed by atoms with Crippen LogP contribution in [0.3, 0.4) is 0 Å². The topological polar surface area (TPSA) is 78.9 Å². The number of ether oxygens (including phenoxy) is 3. The summed E-state index contributed by atoms with van der Waals surface area (Å²) in [6.07, 6.45) is 55.8. The summed E-state index contributed by atoms with van der Waals surface area (Å²) in [5.41, 5.74) is 0. The molecule has 0 aromatic rings. The molecule has 0 fully saturated rings. The lowest BCUT2D eigenvalue weighted by Gasteiger charge is -2.18. The number of allylic oxidation sites excluding steroid dienone is 4. The molecule has 0 N–H and O–H groups in total. The zero-order chi connectivity index (χ0) is 43.7. The quantitative estimate of drug-likeness (QED) is 0.0263. The fourth-order valence-electron chi connectivity index (χ4n) is 7.71. The maximum absolute atomic E-state index is 12.8. The smallest absolute Gasteiger partial charge is 0.306 e. The molecule has 0 aliphatic rings. The molecule has 60 heavy (non-hydrogen) atoms. The first kappa shape index (κ1) is 57.9. The van der Waals surface area contributed by atoms with Crippen LogP contribution in [0.1, 0.15) is 284 Å². The van der Waals surface area contributed by atoms with Crippen LogP contribution in [0.15, 0.2) is 24.3 Å². The number of carbonyl (C=O) groups is 3. The summed E-state index contributed by atoms with van der Waals surface area (Å²) in [5.74, 6) is -0.871.